The van der Waals surface area contributed by atoms with Crippen molar-refractivity contribution in [2.24, 2.45) is 5.73 Å². The SMILES string of the molecule is Cc1cc(C)nc(NS(=O)(=O)c2cc(CN)ccc2C)c1. The Morgan fingerprint density at radius 1 is 1.14 bits per heavy atom. The maximum Gasteiger partial charge on any atom is 0.263 e. The number of anilines is 1. The monoisotopic (exact) mass is 305 g/mol. The maximum atomic E-state index is 12.5. The van der Waals surface area contributed by atoms with Gasteiger partial charge in [0, 0.05) is 12.2 Å². The zero-order chi connectivity index (χ0) is 15.6. The molecule has 0 saturated heterocycles. The molecule has 21 heavy (non-hydrogen) atoms. The predicted octanol–water partition coefficient (Wildman–Crippen LogP) is 2.27. The topological polar surface area (TPSA) is 85.1 Å². The van der Waals surface area contributed by atoms with E-state index in [0.29, 0.717) is 17.9 Å². The van der Waals surface area contributed by atoms with Gasteiger partial charge in [0.2, 0.25) is 0 Å². The van der Waals surface area contributed by atoms with Crippen molar-refractivity contribution < 1.29 is 8.42 Å². The zero-order valence-electron chi connectivity index (χ0n) is 12.3. The Morgan fingerprint density at radius 2 is 1.86 bits per heavy atom. The third-order valence-corrected chi connectivity index (χ3v) is 4.61. The molecule has 0 aliphatic heterocycles. The number of nitrogens with two attached hydrogens (primary N) is 1. The number of nitrogens with zero attached hydrogens (tertiary/aromatic N) is 1. The molecule has 0 aliphatic rings. The van der Waals surface area contributed by atoms with Crippen LogP contribution in [0.5, 0.6) is 0 Å². The van der Waals surface area contributed by atoms with Crippen LogP contribution in [0.4, 0.5) is 5.82 Å². The number of sulfonamides is 1. The molecule has 0 unspecified atom stereocenters. The summed E-state index contributed by atoms with van der Waals surface area (Å²) in [7, 11) is -3.68. The van der Waals surface area contributed by atoms with Crippen LogP contribution in [0.1, 0.15) is 22.4 Å². The Bertz CT molecular complexity index is 750. The number of benzene rings is 1. The summed E-state index contributed by atoms with van der Waals surface area (Å²) in [5.41, 5.74) is 8.74. The fraction of sp³-hybridized carbons (Fsp3) is 0.267. The lowest BCUT2D eigenvalue weighted by Gasteiger charge is -2.12. The normalized spacial score (nSPS) is 11.4. The first-order valence-corrected chi connectivity index (χ1v) is 8.08. The van der Waals surface area contributed by atoms with Crippen molar-refractivity contribution in [1.82, 2.24) is 4.98 Å². The summed E-state index contributed by atoms with van der Waals surface area (Å²) in [6.07, 6.45) is 0. The van der Waals surface area contributed by atoms with Crippen molar-refractivity contribution >= 4 is 15.8 Å². The van der Waals surface area contributed by atoms with E-state index in [1.165, 1.54) is 0 Å². The summed E-state index contributed by atoms with van der Waals surface area (Å²) in [6, 6.07) is 8.76. The number of nitrogens with one attached hydrogen (secondary N) is 1. The second kappa shape index (κ2) is 5.83. The number of aromatic nitrogens is 1. The molecule has 0 bridgehead atoms. The molecule has 5 nitrogen and oxygen atoms in total. The minimum atomic E-state index is -3.68. The fourth-order valence-electron chi connectivity index (χ4n) is 2.15. The van der Waals surface area contributed by atoms with Gasteiger partial charge in [0.1, 0.15) is 5.82 Å². The summed E-state index contributed by atoms with van der Waals surface area (Å²) in [6.45, 7) is 5.77. The summed E-state index contributed by atoms with van der Waals surface area (Å²) in [4.78, 5) is 4.43. The Balaban J connectivity index is 2.42. The highest BCUT2D eigenvalue weighted by Crippen LogP contribution is 2.20. The van der Waals surface area contributed by atoms with Gasteiger partial charge in [-0.1, -0.05) is 12.1 Å². The van der Waals surface area contributed by atoms with Crippen LogP contribution in [0.25, 0.3) is 0 Å². The van der Waals surface area contributed by atoms with E-state index < -0.39 is 10.0 Å². The van der Waals surface area contributed by atoms with Gasteiger partial charge in [0.15, 0.2) is 0 Å². The van der Waals surface area contributed by atoms with Crippen LogP contribution in [-0.4, -0.2) is 13.4 Å². The van der Waals surface area contributed by atoms with Gasteiger partial charge in [-0.05, 0) is 55.7 Å². The van der Waals surface area contributed by atoms with Crippen molar-refractivity contribution in [2.75, 3.05) is 4.72 Å². The van der Waals surface area contributed by atoms with Crippen molar-refractivity contribution in [3.8, 4) is 0 Å². The molecular formula is C15H19N3O2S. The van der Waals surface area contributed by atoms with E-state index in [-0.39, 0.29) is 4.90 Å². The van der Waals surface area contributed by atoms with Crippen molar-refractivity contribution in [3.05, 3.63) is 52.7 Å². The second-order valence-corrected chi connectivity index (χ2v) is 6.73. The molecule has 0 atom stereocenters. The smallest absolute Gasteiger partial charge is 0.263 e. The van der Waals surface area contributed by atoms with Gasteiger partial charge in [0.25, 0.3) is 10.0 Å². The summed E-state index contributed by atoms with van der Waals surface area (Å²) >= 11 is 0. The first kappa shape index (κ1) is 15.5. The van der Waals surface area contributed by atoms with E-state index in [1.54, 1.807) is 25.1 Å². The van der Waals surface area contributed by atoms with Crippen LogP contribution < -0.4 is 10.5 Å². The lowest BCUT2D eigenvalue weighted by molar-refractivity contribution is 0.600. The third kappa shape index (κ3) is 3.59. The third-order valence-electron chi connectivity index (χ3n) is 3.11. The van der Waals surface area contributed by atoms with Crippen molar-refractivity contribution in [2.45, 2.75) is 32.2 Å². The van der Waals surface area contributed by atoms with Crippen LogP contribution in [-0.2, 0) is 16.6 Å². The van der Waals surface area contributed by atoms with Gasteiger partial charge in [-0.25, -0.2) is 13.4 Å². The van der Waals surface area contributed by atoms with Crippen LogP contribution in [0.3, 0.4) is 0 Å². The summed E-state index contributed by atoms with van der Waals surface area (Å²) in [5.74, 6) is 0.324. The van der Waals surface area contributed by atoms with Gasteiger partial charge in [-0.15, -0.1) is 0 Å². The second-order valence-electron chi connectivity index (χ2n) is 5.08. The van der Waals surface area contributed by atoms with E-state index in [0.717, 1.165) is 16.8 Å². The Labute approximate surface area is 125 Å². The molecule has 0 fully saturated rings. The highest BCUT2D eigenvalue weighted by molar-refractivity contribution is 7.92. The van der Waals surface area contributed by atoms with E-state index in [2.05, 4.69) is 9.71 Å². The Hall–Kier alpha value is -1.92. The molecule has 0 radical (unpaired) electrons. The van der Waals surface area contributed by atoms with E-state index >= 15 is 0 Å². The molecule has 1 aromatic heterocycles. The first-order chi connectivity index (χ1) is 9.81. The van der Waals surface area contributed by atoms with E-state index in [1.807, 2.05) is 26.0 Å². The highest BCUT2D eigenvalue weighted by Gasteiger charge is 2.18. The van der Waals surface area contributed by atoms with Gasteiger partial charge in [-0.2, -0.15) is 0 Å². The molecule has 112 valence electrons. The molecule has 1 heterocycles. The van der Waals surface area contributed by atoms with Crippen molar-refractivity contribution in [1.29, 1.82) is 0 Å². The van der Waals surface area contributed by atoms with E-state index in [4.69, 9.17) is 5.73 Å². The van der Waals surface area contributed by atoms with Gasteiger partial charge < -0.3 is 5.73 Å². The van der Waals surface area contributed by atoms with E-state index in [9.17, 15) is 8.42 Å². The standard InChI is InChI=1S/C15H19N3O2S/c1-10-6-12(3)17-15(7-10)18-21(19,20)14-8-13(9-16)5-4-11(14)2/h4-8H,9,16H2,1-3H3,(H,17,18). The van der Waals surface area contributed by atoms with Crippen LogP contribution in [0.2, 0.25) is 0 Å². The van der Waals surface area contributed by atoms with Crippen molar-refractivity contribution in [3.63, 3.8) is 0 Å². The number of hydrogen-bond acceptors (Lipinski definition) is 4. The van der Waals surface area contributed by atoms with Crippen LogP contribution >= 0.6 is 0 Å². The molecule has 0 saturated carbocycles. The molecule has 0 aliphatic carbocycles. The number of pyridine rings is 1. The lowest BCUT2D eigenvalue weighted by Crippen LogP contribution is -2.16. The largest absolute Gasteiger partial charge is 0.326 e. The number of rotatable bonds is 4. The minimum absolute atomic E-state index is 0.228. The van der Waals surface area contributed by atoms with Gasteiger partial charge >= 0.3 is 0 Å². The number of hydrogen-bond donors (Lipinski definition) is 2. The first-order valence-electron chi connectivity index (χ1n) is 6.59. The average Bonchev–Trinajstić information content (AvgIpc) is 2.37. The quantitative estimate of drug-likeness (QED) is 0.907. The number of aryl methyl sites for hydroxylation is 3. The lowest BCUT2D eigenvalue weighted by atomic mass is 10.1. The molecule has 1 aromatic carbocycles. The molecule has 6 heteroatoms. The predicted molar refractivity (Wildman–Crippen MR) is 83.6 cm³/mol. The zero-order valence-corrected chi connectivity index (χ0v) is 13.2. The highest BCUT2D eigenvalue weighted by atomic mass is 32.2. The van der Waals surface area contributed by atoms with Crippen LogP contribution in [0.15, 0.2) is 35.2 Å². The minimum Gasteiger partial charge on any atom is -0.326 e. The molecule has 0 spiro atoms. The van der Waals surface area contributed by atoms with Gasteiger partial charge in [0.05, 0.1) is 4.90 Å². The average molecular weight is 305 g/mol. The Kier molecular flexibility index (Phi) is 4.29. The maximum absolute atomic E-state index is 12.5. The molecule has 0 amide bonds. The molecule has 2 aromatic rings. The van der Waals surface area contributed by atoms with Gasteiger partial charge in [-0.3, -0.25) is 4.72 Å². The van der Waals surface area contributed by atoms with Crippen LogP contribution in [0, 0.1) is 20.8 Å². The molecular weight excluding hydrogens is 286 g/mol. The summed E-state index contributed by atoms with van der Waals surface area (Å²) in [5, 5.41) is 0. The molecule has 3 N–H and O–H groups in total. The summed E-state index contributed by atoms with van der Waals surface area (Å²) < 4.78 is 27.6. The molecule has 2 rings (SSSR count). The fourth-order valence-corrected chi connectivity index (χ4v) is 3.44. The Morgan fingerprint density at radius 3 is 2.48 bits per heavy atom.